The SMILES string of the molecule is CC(C)N(CC1CCNCC1)C(=O)NC1CCC1. The van der Waals surface area contributed by atoms with Crippen LogP contribution in [-0.2, 0) is 0 Å². The fourth-order valence-electron chi connectivity index (χ4n) is 2.68. The number of nitrogens with zero attached hydrogens (tertiary/aromatic N) is 1. The van der Waals surface area contributed by atoms with E-state index in [0.717, 1.165) is 32.5 Å². The van der Waals surface area contributed by atoms with Crippen LogP contribution in [0.15, 0.2) is 0 Å². The Morgan fingerprint density at radius 3 is 2.44 bits per heavy atom. The van der Waals surface area contributed by atoms with Crippen LogP contribution in [0.4, 0.5) is 4.79 Å². The molecule has 0 bridgehead atoms. The van der Waals surface area contributed by atoms with Crippen LogP contribution in [-0.4, -0.2) is 42.6 Å². The standard InChI is InChI=1S/C14H27N3O/c1-11(2)17(10-12-6-8-15-9-7-12)14(18)16-13-4-3-5-13/h11-13,15H,3-10H2,1-2H3,(H,16,18). The van der Waals surface area contributed by atoms with Crippen molar-refractivity contribution in [3.63, 3.8) is 0 Å². The lowest BCUT2D eigenvalue weighted by molar-refractivity contribution is 0.154. The average Bonchev–Trinajstić information content (AvgIpc) is 2.31. The van der Waals surface area contributed by atoms with E-state index in [1.54, 1.807) is 0 Å². The van der Waals surface area contributed by atoms with Crippen LogP contribution in [0.25, 0.3) is 0 Å². The van der Waals surface area contributed by atoms with Gasteiger partial charge in [0, 0.05) is 18.6 Å². The summed E-state index contributed by atoms with van der Waals surface area (Å²) in [5, 5.41) is 6.54. The third kappa shape index (κ3) is 3.61. The normalized spacial score (nSPS) is 21.7. The van der Waals surface area contributed by atoms with Gasteiger partial charge in [-0.25, -0.2) is 4.79 Å². The second-order valence-electron chi connectivity index (χ2n) is 6.02. The minimum atomic E-state index is 0.147. The Morgan fingerprint density at radius 1 is 1.28 bits per heavy atom. The Kier molecular flexibility index (Phi) is 4.87. The molecule has 2 N–H and O–H groups in total. The molecule has 1 aliphatic heterocycles. The van der Waals surface area contributed by atoms with E-state index in [0.29, 0.717) is 18.0 Å². The molecule has 2 rings (SSSR count). The molecule has 2 fully saturated rings. The Labute approximate surface area is 110 Å². The fourth-order valence-corrected chi connectivity index (χ4v) is 2.68. The summed E-state index contributed by atoms with van der Waals surface area (Å²) in [6.07, 6.45) is 5.97. The van der Waals surface area contributed by atoms with Gasteiger partial charge >= 0.3 is 6.03 Å². The van der Waals surface area contributed by atoms with Crippen molar-refractivity contribution in [2.45, 2.75) is 58.0 Å². The zero-order chi connectivity index (χ0) is 13.0. The fraction of sp³-hybridized carbons (Fsp3) is 0.929. The largest absolute Gasteiger partial charge is 0.335 e. The Hall–Kier alpha value is -0.770. The molecule has 0 aromatic carbocycles. The molecule has 1 heterocycles. The van der Waals surface area contributed by atoms with E-state index in [-0.39, 0.29) is 6.03 Å². The van der Waals surface area contributed by atoms with Crippen LogP contribution in [0, 0.1) is 5.92 Å². The monoisotopic (exact) mass is 253 g/mol. The molecular weight excluding hydrogens is 226 g/mol. The van der Waals surface area contributed by atoms with Crippen molar-refractivity contribution in [3.05, 3.63) is 0 Å². The van der Waals surface area contributed by atoms with Crippen LogP contribution in [0.3, 0.4) is 0 Å². The third-order valence-electron chi connectivity index (χ3n) is 4.23. The molecule has 2 amide bonds. The minimum Gasteiger partial charge on any atom is -0.335 e. The molecule has 0 atom stereocenters. The molecule has 4 nitrogen and oxygen atoms in total. The predicted molar refractivity (Wildman–Crippen MR) is 73.6 cm³/mol. The summed E-state index contributed by atoms with van der Waals surface area (Å²) in [6, 6.07) is 0.875. The van der Waals surface area contributed by atoms with E-state index in [2.05, 4.69) is 24.5 Å². The molecule has 0 unspecified atom stereocenters. The second kappa shape index (κ2) is 6.41. The molecule has 0 aromatic rings. The van der Waals surface area contributed by atoms with Gasteiger partial charge in [-0.3, -0.25) is 0 Å². The molecule has 1 saturated heterocycles. The first-order valence-electron chi connectivity index (χ1n) is 7.44. The highest BCUT2D eigenvalue weighted by Crippen LogP contribution is 2.20. The van der Waals surface area contributed by atoms with Gasteiger partial charge in [0.25, 0.3) is 0 Å². The van der Waals surface area contributed by atoms with E-state index < -0.39 is 0 Å². The van der Waals surface area contributed by atoms with Crippen molar-refractivity contribution in [3.8, 4) is 0 Å². The predicted octanol–water partition coefficient (Wildman–Crippen LogP) is 1.96. The quantitative estimate of drug-likeness (QED) is 0.804. The number of piperidine rings is 1. The number of urea groups is 1. The second-order valence-corrected chi connectivity index (χ2v) is 6.02. The first-order valence-corrected chi connectivity index (χ1v) is 7.44. The molecule has 18 heavy (non-hydrogen) atoms. The van der Waals surface area contributed by atoms with Crippen molar-refractivity contribution in [2.75, 3.05) is 19.6 Å². The third-order valence-corrected chi connectivity index (χ3v) is 4.23. The van der Waals surface area contributed by atoms with Gasteiger partial charge in [-0.15, -0.1) is 0 Å². The van der Waals surface area contributed by atoms with Crippen molar-refractivity contribution in [1.82, 2.24) is 15.5 Å². The maximum atomic E-state index is 12.3. The Balaban J connectivity index is 1.83. The molecule has 0 aromatic heterocycles. The number of hydrogen-bond donors (Lipinski definition) is 2. The van der Waals surface area contributed by atoms with Crippen LogP contribution in [0.2, 0.25) is 0 Å². The van der Waals surface area contributed by atoms with Crippen LogP contribution >= 0.6 is 0 Å². The summed E-state index contributed by atoms with van der Waals surface area (Å²) in [7, 11) is 0. The van der Waals surface area contributed by atoms with Crippen LogP contribution in [0.5, 0.6) is 0 Å². The van der Waals surface area contributed by atoms with Crippen molar-refractivity contribution >= 4 is 6.03 Å². The summed E-state index contributed by atoms with van der Waals surface area (Å²) in [5.74, 6) is 0.667. The summed E-state index contributed by atoms with van der Waals surface area (Å²) in [6.45, 7) is 7.34. The zero-order valence-corrected chi connectivity index (χ0v) is 11.7. The van der Waals surface area contributed by atoms with Gasteiger partial charge in [-0.05, 0) is 65.0 Å². The maximum absolute atomic E-state index is 12.3. The molecule has 0 spiro atoms. The van der Waals surface area contributed by atoms with E-state index >= 15 is 0 Å². The highest BCUT2D eigenvalue weighted by molar-refractivity contribution is 5.75. The number of rotatable bonds is 4. The summed E-state index contributed by atoms with van der Waals surface area (Å²) < 4.78 is 0. The van der Waals surface area contributed by atoms with Crippen molar-refractivity contribution in [2.24, 2.45) is 5.92 Å². The van der Waals surface area contributed by atoms with Gasteiger partial charge in [0.15, 0.2) is 0 Å². The first-order chi connectivity index (χ1) is 8.66. The number of carbonyl (C=O) groups excluding carboxylic acids is 1. The van der Waals surface area contributed by atoms with Gasteiger partial charge in [-0.1, -0.05) is 0 Å². The highest BCUT2D eigenvalue weighted by atomic mass is 16.2. The van der Waals surface area contributed by atoms with Gasteiger partial charge < -0.3 is 15.5 Å². The van der Waals surface area contributed by atoms with E-state index in [1.165, 1.54) is 19.3 Å². The first kappa shape index (κ1) is 13.7. The van der Waals surface area contributed by atoms with Gasteiger partial charge in [0.05, 0.1) is 0 Å². The lowest BCUT2D eigenvalue weighted by Crippen LogP contribution is -2.51. The van der Waals surface area contributed by atoms with Crippen LogP contribution < -0.4 is 10.6 Å². The van der Waals surface area contributed by atoms with Crippen molar-refractivity contribution < 1.29 is 4.79 Å². The lowest BCUT2D eigenvalue weighted by Gasteiger charge is -2.35. The molecule has 1 saturated carbocycles. The summed E-state index contributed by atoms with van der Waals surface area (Å²) in [4.78, 5) is 14.3. The van der Waals surface area contributed by atoms with Gasteiger partial charge in [0.2, 0.25) is 0 Å². The zero-order valence-electron chi connectivity index (χ0n) is 11.7. The summed E-state index contributed by atoms with van der Waals surface area (Å²) >= 11 is 0. The average molecular weight is 253 g/mol. The topological polar surface area (TPSA) is 44.4 Å². The smallest absolute Gasteiger partial charge is 0.317 e. The molecule has 1 aliphatic carbocycles. The number of carbonyl (C=O) groups is 1. The molecule has 104 valence electrons. The number of amides is 2. The van der Waals surface area contributed by atoms with E-state index in [9.17, 15) is 4.79 Å². The molecular formula is C14H27N3O. The number of hydrogen-bond acceptors (Lipinski definition) is 2. The van der Waals surface area contributed by atoms with Gasteiger partial charge in [0.1, 0.15) is 0 Å². The Morgan fingerprint density at radius 2 is 1.94 bits per heavy atom. The molecule has 2 aliphatic rings. The maximum Gasteiger partial charge on any atom is 0.317 e. The lowest BCUT2D eigenvalue weighted by atomic mass is 9.93. The van der Waals surface area contributed by atoms with Gasteiger partial charge in [-0.2, -0.15) is 0 Å². The van der Waals surface area contributed by atoms with Crippen LogP contribution in [0.1, 0.15) is 46.0 Å². The van der Waals surface area contributed by atoms with E-state index in [1.807, 2.05) is 4.90 Å². The van der Waals surface area contributed by atoms with Crippen molar-refractivity contribution in [1.29, 1.82) is 0 Å². The number of nitrogens with one attached hydrogen (secondary N) is 2. The molecule has 0 radical (unpaired) electrons. The van der Waals surface area contributed by atoms with E-state index in [4.69, 9.17) is 0 Å². The molecule has 4 heteroatoms. The minimum absolute atomic E-state index is 0.147. The highest BCUT2D eigenvalue weighted by Gasteiger charge is 2.26. The Bertz CT molecular complexity index is 270. The summed E-state index contributed by atoms with van der Waals surface area (Å²) in [5.41, 5.74) is 0.